The van der Waals surface area contributed by atoms with Crippen LogP contribution in [0.1, 0.15) is 157 Å². The lowest BCUT2D eigenvalue weighted by Gasteiger charge is -2.22. The van der Waals surface area contributed by atoms with Crippen molar-refractivity contribution >= 4 is 137 Å². The molecule has 6 atom stereocenters. The van der Waals surface area contributed by atoms with E-state index in [2.05, 4.69) is 24.5 Å². The fourth-order valence-electron chi connectivity index (χ4n) is 7.62. The van der Waals surface area contributed by atoms with Crippen molar-refractivity contribution in [1.29, 1.82) is 0 Å². The van der Waals surface area contributed by atoms with Gasteiger partial charge in [0, 0.05) is 91.1 Å². The molecule has 372 valence electrons. The van der Waals surface area contributed by atoms with Crippen LogP contribution in [0.25, 0.3) is 0 Å². The highest BCUT2D eigenvalue weighted by atomic mass is 32.2. The monoisotopic (exact) mass is 1060 g/mol. The van der Waals surface area contributed by atoms with Crippen LogP contribution in [0.2, 0.25) is 0 Å². The largest absolute Gasteiger partial charge is 0.481 e. The molecule has 0 saturated carbocycles. The Bertz CT molecular complexity index is 1550. The zero-order valence-electron chi connectivity index (χ0n) is 39.5. The van der Waals surface area contributed by atoms with Crippen LogP contribution in [0.15, 0.2) is 0 Å². The smallest absolute Gasteiger partial charge is 0.305 e. The molecule has 0 aromatic carbocycles. The van der Waals surface area contributed by atoms with Gasteiger partial charge in [-0.25, -0.2) is 0 Å². The second kappa shape index (κ2) is 33.1. The van der Waals surface area contributed by atoms with Crippen molar-refractivity contribution < 1.29 is 43.7 Å². The molecule has 65 heavy (non-hydrogen) atoms. The number of thioether (sulfide) groups is 6. The standard InChI is InChI=1S/C23H37NO4S4.C12H22O2S3.C11H17NO3S/c1-4-5-13-30-22(29)32-23(2,3)19(25)10-8-12-28-21(27)11-7-6-9-18-16-14-20(26)24-17(16)15-31-18;1-4-5-9-16-11(15)17-12(2,3)10(14)7-6-8-13;13-10-5-7-8(12-10)6-16-9(7)3-1-2-4-11(14)15/h16-18H,4-15H2,1-3H3,(H,24,26);13H,4-9H2,1-3H3;7-9H,1-6H2,(H,12,13)(H,14,15)/t16-,17-,18-;;7-,8-,9-/m0.0/s1. The van der Waals surface area contributed by atoms with Gasteiger partial charge >= 0.3 is 11.9 Å². The second-order valence-corrected chi connectivity index (χ2v) is 28.2. The molecule has 0 unspecified atom stereocenters. The van der Waals surface area contributed by atoms with Gasteiger partial charge in [-0.15, -0.1) is 23.5 Å². The van der Waals surface area contributed by atoms with Gasteiger partial charge in [0.1, 0.15) is 18.6 Å². The summed E-state index contributed by atoms with van der Waals surface area (Å²) >= 11 is 20.8. The number of hydrogen-bond donors (Lipinski definition) is 4. The lowest BCUT2D eigenvalue weighted by molar-refractivity contribution is -0.144. The fourth-order valence-corrected chi connectivity index (χ4v) is 17.4. The van der Waals surface area contributed by atoms with Crippen LogP contribution in [0.5, 0.6) is 0 Å². The number of esters is 1. The summed E-state index contributed by atoms with van der Waals surface area (Å²) in [6.45, 7) is 12.3. The van der Waals surface area contributed by atoms with Gasteiger partial charge in [0.25, 0.3) is 0 Å². The Morgan fingerprint density at radius 2 is 1.12 bits per heavy atom. The molecule has 4 fully saturated rings. The first-order chi connectivity index (χ1) is 30.8. The SMILES string of the molecule is CCCCSC(=S)SC(C)(C)C(=O)CCCO.CCCCSC(=S)SC(C)(C)C(=O)CCCOC(=O)CCCC[C@@H]1SC[C@@H]2NC(=O)C[C@@H]21.O=C(O)CCCC[C@@H]1SC[C@@H]2NC(=O)C[C@@H]21. The number of fused-ring (bicyclic) bond motifs is 2. The second-order valence-electron chi connectivity index (χ2n) is 17.8. The van der Waals surface area contributed by atoms with Crippen LogP contribution in [0.4, 0.5) is 0 Å². The normalized spacial score (nSPS) is 22.1. The topological polar surface area (TPSA) is 176 Å². The van der Waals surface area contributed by atoms with Gasteiger partial charge in [-0.3, -0.25) is 28.8 Å². The van der Waals surface area contributed by atoms with Gasteiger partial charge in [0.05, 0.1) is 16.1 Å². The van der Waals surface area contributed by atoms with Gasteiger partial charge in [0.2, 0.25) is 11.8 Å². The molecule has 0 spiro atoms. The number of hydrogen-bond acceptors (Lipinski definition) is 16. The summed E-state index contributed by atoms with van der Waals surface area (Å²) < 4.78 is 5.98. The first-order valence-corrected chi connectivity index (χ1v) is 29.9. The molecule has 0 aromatic rings. The highest BCUT2D eigenvalue weighted by Gasteiger charge is 2.44. The minimum atomic E-state index is -0.713. The van der Waals surface area contributed by atoms with E-state index in [9.17, 15) is 28.8 Å². The van der Waals surface area contributed by atoms with E-state index in [1.54, 1.807) is 23.5 Å². The summed E-state index contributed by atoms with van der Waals surface area (Å²) in [6.07, 6.45) is 14.1. The zero-order valence-corrected chi connectivity index (χ0v) is 46.0. The maximum absolute atomic E-state index is 12.6. The van der Waals surface area contributed by atoms with Gasteiger partial charge < -0.3 is 25.6 Å². The number of aliphatic hydroxyl groups excluding tert-OH is 1. The zero-order chi connectivity index (χ0) is 48.4. The van der Waals surface area contributed by atoms with E-state index in [0.29, 0.717) is 79.4 Å². The molecule has 2 amide bonds. The van der Waals surface area contributed by atoms with Crippen LogP contribution in [-0.4, -0.2) is 121 Å². The third kappa shape index (κ3) is 24.7. The van der Waals surface area contributed by atoms with Crippen molar-refractivity contribution in [1.82, 2.24) is 10.6 Å². The molecule has 4 aliphatic heterocycles. The minimum Gasteiger partial charge on any atom is -0.481 e. The Labute approximate surface area is 425 Å². The summed E-state index contributed by atoms with van der Waals surface area (Å²) in [6, 6.07) is 0.728. The molecular formula is C46H76N2O9S8. The Morgan fingerprint density at radius 1 is 0.677 bits per heavy atom. The van der Waals surface area contributed by atoms with Gasteiger partial charge in [-0.2, -0.15) is 23.5 Å². The van der Waals surface area contributed by atoms with Gasteiger partial charge in [-0.1, -0.05) is 87.5 Å². The number of carboxylic acids is 1. The summed E-state index contributed by atoms with van der Waals surface area (Å²) in [5.41, 5.74) is 0. The molecule has 4 aliphatic rings. The molecule has 11 nitrogen and oxygen atoms in total. The number of rotatable bonds is 27. The molecule has 0 radical (unpaired) electrons. The van der Waals surface area contributed by atoms with E-state index in [-0.39, 0.29) is 49.0 Å². The number of carbonyl (C=O) groups is 6. The molecular weight excluding hydrogens is 981 g/mol. The number of unbranched alkanes of at least 4 members (excludes halogenated alkanes) is 4. The van der Waals surface area contributed by atoms with E-state index in [1.165, 1.54) is 29.9 Å². The summed E-state index contributed by atoms with van der Waals surface area (Å²) in [4.78, 5) is 69.5. The number of carbonyl (C=O) groups excluding carboxylic acids is 5. The van der Waals surface area contributed by atoms with Gasteiger partial charge in [-0.05, 0) is 90.6 Å². The Morgan fingerprint density at radius 3 is 1.55 bits per heavy atom. The van der Waals surface area contributed by atoms with Crippen LogP contribution >= 0.6 is 95.0 Å². The number of thiocarbonyl (C=S) groups is 2. The number of aliphatic carboxylic acids is 1. The third-order valence-corrected chi connectivity index (χ3v) is 20.4. The van der Waals surface area contributed by atoms with E-state index in [4.69, 9.17) is 39.4 Å². The van der Waals surface area contributed by atoms with Crippen molar-refractivity contribution in [3.8, 4) is 0 Å². The third-order valence-electron chi connectivity index (χ3n) is 11.6. The lowest BCUT2D eigenvalue weighted by Crippen LogP contribution is -2.29. The average Bonchev–Trinajstić information content (AvgIpc) is 4.00. The predicted octanol–water partition coefficient (Wildman–Crippen LogP) is 10.3. The van der Waals surface area contributed by atoms with E-state index in [0.717, 1.165) is 87.9 Å². The predicted molar refractivity (Wildman–Crippen MR) is 287 cm³/mol. The first-order valence-electron chi connectivity index (χ1n) is 23.4. The number of ether oxygens (including phenoxy) is 1. The van der Waals surface area contributed by atoms with Crippen molar-refractivity contribution in [2.45, 2.75) is 189 Å². The molecule has 0 bridgehead atoms. The average molecular weight is 1060 g/mol. The Balaban J connectivity index is 0.000000370. The number of ketones is 2. The number of carboxylic acid groups (broad SMARTS) is 1. The number of Topliss-reactive ketones (excluding diaryl/α,β-unsaturated/α-hetero) is 2. The highest BCUT2D eigenvalue weighted by molar-refractivity contribution is 8.48. The van der Waals surface area contributed by atoms with Crippen molar-refractivity contribution in [2.24, 2.45) is 11.8 Å². The summed E-state index contributed by atoms with van der Waals surface area (Å²) in [7, 11) is 0. The van der Waals surface area contributed by atoms with Crippen LogP contribution in [-0.2, 0) is 33.5 Å². The molecule has 4 rings (SSSR count). The molecule has 4 saturated heterocycles. The number of nitrogens with one attached hydrogen (secondary N) is 2. The molecule has 4 N–H and O–H groups in total. The quantitative estimate of drug-likeness (QED) is 0.0347. The van der Waals surface area contributed by atoms with Crippen LogP contribution in [0.3, 0.4) is 0 Å². The minimum absolute atomic E-state index is 0.0716. The lowest BCUT2D eigenvalue weighted by atomic mass is 9.94. The number of aliphatic hydroxyl groups is 1. The molecule has 0 aliphatic carbocycles. The summed E-state index contributed by atoms with van der Waals surface area (Å²) in [5.74, 6) is 4.80. The van der Waals surface area contributed by atoms with E-state index in [1.807, 2.05) is 51.2 Å². The van der Waals surface area contributed by atoms with Crippen molar-refractivity contribution in [3.05, 3.63) is 0 Å². The van der Waals surface area contributed by atoms with E-state index >= 15 is 0 Å². The molecule has 19 heteroatoms. The van der Waals surface area contributed by atoms with Crippen molar-refractivity contribution in [2.75, 3.05) is 36.2 Å². The highest BCUT2D eigenvalue weighted by Crippen LogP contribution is 2.42. The van der Waals surface area contributed by atoms with Gasteiger partial charge in [0.15, 0.2) is 0 Å². The molecule has 4 heterocycles. The Hall–Kier alpha value is -0.540. The van der Waals surface area contributed by atoms with Crippen molar-refractivity contribution in [3.63, 3.8) is 0 Å². The van der Waals surface area contributed by atoms with Crippen LogP contribution in [0, 0.1) is 11.8 Å². The first kappa shape index (κ1) is 60.6. The summed E-state index contributed by atoms with van der Waals surface area (Å²) in [5, 5.41) is 24.4. The van der Waals surface area contributed by atoms with E-state index < -0.39 is 15.5 Å². The maximum atomic E-state index is 12.6. The fraction of sp³-hybridized carbons (Fsp3) is 0.826. The number of amides is 2. The molecule has 0 aromatic heterocycles. The Kier molecular flexibility index (Phi) is 30.9. The van der Waals surface area contributed by atoms with Crippen LogP contribution < -0.4 is 10.6 Å². The maximum Gasteiger partial charge on any atom is 0.305 e.